The topological polar surface area (TPSA) is 61.6 Å². The van der Waals surface area contributed by atoms with E-state index in [-0.39, 0.29) is 22.9 Å². The molecule has 0 fully saturated rings. The highest BCUT2D eigenvalue weighted by molar-refractivity contribution is 5.50. The van der Waals surface area contributed by atoms with Gasteiger partial charge in [0.15, 0.2) is 11.5 Å². The number of alkyl halides is 2. The molecule has 104 valence electrons. The molecule has 5 nitrogen and oxygen atoms in total. The lowest BCUT2D eigenvalue weighted by Gasteiger charge is -2.11. The molecular weight excluding hydrogens is 272 g/mol. The van der Waals surface area contributed by atoms with Crippen molar-refractivity contribution < 1.29 is 23.2 Å². The van der Waals surface area contributed by atoms with Crippen molar-refractivity contribution in [2.75, 3.05) is 0 Å². The van der Waals surface area contributed by atoms with Crippen LogP contribution in [0, 0.1) is 10.1 Å². The lowest BCUT2D eigenvalue weighted by molar-refractivity contribution is -0.385. The van der Waals surface area contributed by atoms with Gasteiger partial charge in [-0.25, -0.2) is 0 Å². The van der Waals surface area contributed by atoms with Crippen LogP contribution in [0.15, 0.2) is 48.5 Å². The molecular formula is C13H9F2NO4. The second-order valence-corrected chi connectivity index (χ2v) is 3.65. The predicted molar refractivity (Wildman–Crippen MR) is 66.2 cm³/mol. The molecule has 0 aliphatic rings. The normalized spacial score (nSPS) is 10.3. The van der Waals surface area contributed by atoms with Crippen molar-refractivity contribution in [1.82, 2.24) is 0 Å². The van der Waals surface area contributed by atoms with Gasteiger partial charge in [0.05, 0.1) is 4.92 Å². The predicted octanol–water partition coefficient (Wildman–Crippen LogP) is 3.99. The number of rotatable bonds is 5. The summed E-state index contributed by atoms with van der Waals surface area (Å²) in [7, 11) is 0. The SMILES string of the molecule is O=[N+]([O-])c1ccccc1Oc1ccccc1OC(F)F. The molecule has 0 aliphatic carbocycles. The van der Waals surface area contributed by atoms with Gasteiger partial charge in [-0.05, 0) is 18.2 Å². The largest absolute Gasteiger partial charge is 0.446 e. The second-order valence-electron chi connectivity index (χ2n) is 3.65. The van der Waals surface area contributed by atoms with Crippen molar-refractivity contribution in [1.29, 1.82) is 0 Å². The number of nitro benzene ring substituents is 1. The van der Waals surface area contributed by atoms with Crippen LogP contribution < -0.4 is 9.47 Å². The molecule has 0 amide bonds. The van der Waals surface area contributed by atoms with Crippen molar-refractivity contribution in [3.63, 3.8) is 0 Å². The number of hydrogen-bond acceptors (Lipinski definition) is 4. The molecule has 0 atom stereocenters. The van der Waals surface area contributed by atoms with Crippen LogP contribution in [0.3, 0.4) is 0 Å². The Kier molecular flexibility index (Phi) is 4.09. The molecule has 0 radical (unpaired) electrons. The standard InChI is InChI=1S/C13H9F2NO4/c14-13(15)20-12-8-4-3-7-11(12)19-10-6-2-1-5-9(10)16(17)18/h1-8,13H. The molecule has 0 aromatic heterocycles. The first-order chi connectivity index (χ1) is 9.58. The summed E-state index contributed by atoms with van der Waals surface area (Å²) in [6.07, 6.45) is 0. The van der Waals surface area contributed by atoms with Gasteiger partial charge < -0.3 is 9.47 Å². The van der Waals surface area contributed by atoms with Gasteiger partial charge in [-0.2, -0.15) is 8.78 Å². The number of nitro groups is 1. The van der Waals surface area contributed by atoms with E-state index in [1.165, 1.54) is 36.4 Å². The van der Waals surface area contributed by atoms with Gasteiger partial charge in [-0.15, -0.1) is 0 Å². The fourth-order valence-corrected chi connectivity index (χ4v) is 1.54. The number of hydrogen-bond donors (Lipinski definition) is 0. The van der Waals surface area contributed by atoms with Crippen molar-refractivity contribution in [2.24, 2.45) is 0 Å². The number of nitrogens with zero attached hydrogens (tertiary/aromatic N) is 1. The maximum absolute atomic E-state index is 12.3. The van der Waals surface area contributed by atoms with Crippen LogP contribution in [-0.2, 0) is 0 Å². The Morgan fingerprint density at radius 1 is 0.950 bits per heavy atom. The van der Waals surface area contributed by atoms with Gasteiger partial charge in [-0.3, -0.25) is 10.1 Å². The lowest BCUT2D eigenvalue weighted by atomic mass is 10.3. The molecule has 0 spiro atoms. The summed E-state index contributed by atoms with van der Waals surface area (Å²) in [5.41, 5.74) is -0.264. The van der Waals surface area contributed by atoms with E-state index in [1.807, 2.05) is 0 Å². The highest BCUT2D eigenvalue weighted by atomic mass is 19.3. The third-order valence-electron chi connectivity index (χ3n) is 2.35. The van der Waals surface area contributed by atoms with Crippen LogP contribution in [0.2, 0.25) is 0 Å². The maximum Gasteiger partial charge on any atom is 0.387 e. The summed E-state index contributed by atoms with van der Waals surface area (Å²) in [6, 6.07) is 11.4. The lowest BCUT2D eigenvalue weighted by Crippen LogP contribution is -2.03. The molecule has 0 aliphatic heterocycles. The first-order valence-electron chi connectivity index (χ1n) is 5.53. The van der Waals surface area contributed by atoms with E-state index in [2.05, 4.69) is 4.74 Å². The van der Waals surface area contributed by atoms with Gasteiger partial charge in [0.2, 0.25) is 5.75 Å². The zero-order valence-corrected chi connectivity index (χ0v) is 10.0. The zero-order valence-electron chi connectivity index (χ0n) is 10.0. The Labute approximate surface area is 112 Å². The van der Waals surface area contributed by atoms with E-state index in [4.69, 9.17) is 4.74 Å². The minimum absolute atomic E-state index is 0.0258. The highest BCUT2D eigenvalue weighted by Crippen LogP contribution is 2.36. The number of benzene rings is 2. The number of para-hydroxylation sites is 4. The molecule has 2 aromatic rings. The van der Waals surface area contributed by atoms with Gasteiger partial charge in [-0.1, -0.05) is 24.3 Å². The van der Waals surface area contributed by atoms with Gasteiger partial charge in [0.1, 0.15) is 0 Å². The highest BCUT2D eigenvalue weighted by Gasteiger charge is 2.17. The zero-order chi connectivity index (χ0) is 14.5. The summed E-state index contributed by atoms with van der Waals surface area (Å²) >= 11 is 0. The van der Waals surface area contributed by atoms with E-state index in [0.29, 0.717) is 0 Å². The monoisotopic (exact) mass is 281 g/mol. The average Bonchev–Trinajstić information content (AvgIpc) is 2.41. The molecule has 2 aromatic carbocycles. The Bertz CT molecular complexity index is 619. The summed E-state index contributed by atoms with van der Waals surface area (Å²) in [5.74, 6) is -0.273. The first-order valence-corrected chi connectivity index (χ1v) is 5.53. The fourth-order valence-electron chi connectivity index (χ4n) is 1.54. The smallest absolute Gasteiger partial charge is 0.387 e. The summed E-state index contributed by atoms with van der Waals surface area (Å²) in [4.78, 5) is 10.2. The van der Waals surface area contributed by atoms with Crippen molar-refractivity contribution in [3.05, 3.63) is 58.6 Å². The Morgan fingerprint density at radius 2 is 1.50 bits per heavy atom. The van der Waals surface area contributed by atoms with Crippen molar-refractivity contribution >= 4 is 5.69 Å². The van der Waals surface area contributed by atoms with Crippen LogP contribution >= 0.6 is 0 Å². The molecule has 0 N–H and O–H groups in total. The van der Waals surface area contributed by atoms with E-state index < -0.39 is 11.5 Å². The molecule has 0 bridgehead atoms. The third-order valence-corrected chi connectivity index (χ3v) is 2.35. The Morgan fingerprint density at radius 3 is 2.10 bits per heavy atom. The van der Waals surface area contributed by atoms with Crippen LogP contribution in [0.25, 0.3) is 0 Å². The van der Waals surface area contributed by atoms with Gasteiger partial charge in [0, 0.05) is 6.07 Å². The van der Waals surface area contributed by atoms with Crippen molar-refractivity contribution in [3.8, 4) is 17.2 Å². The van der Waals surface area contributed by atoms with E-state index in [0.717, 1.165) is 0 Å². The Hall–Kier alpha value is -2.70. The maximum atomic E-state index is 12.3. The quantitative estimate of drug-likeness (QED) is 0.614. The summed E-state index contributed by atoms with van der Waals surface area (Å²) < 4.78 is 34.1. The molecule has 0 saturated heterocycles. The minimum atomic E-state index is -3.01. The Balaban J connectivity index is 2.33. The summed E-state index contributed by atoms with van der Waals surface area (Å²) in [6.45, 7) is -3.01. The van der Waals surface area contributed by atoms with Crippen LogP contribution in [0.5, 0.6) is 17.2 Å². The molecule has 0 saturated carbocycles. The number of halogens is 2. The molecule has 0 unspecified atom stereocenters. The van der Waals surface area contributed by atoms with E-state index in [1.54, 1.807) is 12.1 Å². The second kappa shape index (κ2) is 5.96. The first kappa shape index (κ1) is 13.7. The molecule has 2 rings (SSSR count). The van der Waals surface area contributed by atoms with Gasteiger partial charge in [0.25, 0.3) is 0 Å². The van der Waals surface area contributed by atoms with Crippen LogP contribution in [0.1, 0.15) is 0 Å². The average molecular weight is 281 g/mol. The van der Waals surface area contributed by atoms with Crippen LogP contribution in [0.4, 0.5) is 14.5 Å². The fraction of sp³-hybridized carbons (Fsp3) is 0.0769. The third kappa shape index (κ3) is 3.19. The molecule has 0 heterocycles. The minimum Gasteiger partial charge on any atom is -0.446 e. The van der Waals surface area contributed by atoms with Crippen molar-refractivity contribution in [2.45, 2.75) is 6.61 Å². The van der Waals surface area contributed by atoms with E-state index >= 15 is 0 Å². The van der Waals surface area contributed by atoms with Gasteiger partial charge >= 0.3 is 12.3 Å². The summed E-state index contributed by atoms with van der Waals surface area (Å²) in [5, 5.41) is 10.8. The van der Waals surface area contributed by atoms with E-state index in [9.17, 15) is 18.9 Å². The molecule has 20 heavy (non-hydrogen) atoms. The number of ether oxygens (including phenoxy) is 2. The molecule has 7 heteroatoms. The van der Waals surface area contributed by atoms with Crippen LogP contribution in [-0.4, -0.2) is 11.5 Å².